The van der Waals surface area contributed by atoms with Gasteiger partial charge in [0.15, 0.2) is 0 Å². The highest BCUT2D eigenvalue weighted by atomic mass is 79.9. The van der Waals surface area contributed by atoms with E-state index >= 15 is 0 Å². The fraction of sp³-hybridized carbons (Fsp3) is 0.538. The maximum absolute atomic E-state index is 5.49. The van der Waals surface area contributed by atoms with Gasteiger partial charge in [-0.05, 0) is 37.1 Å². The molecule has 2 nitrogen and oxygen atoms in total. The van der Waals surface area contributed by atoms with Crippen LogP contribution in [0.2, 0.25) is 0 Å². The Bertz CT molecular complexity index is 383. The van der Waals surface area contributed by atoms with Gasteiger partial charge in [0.1, 0.15) is 0 Å². The lowest BCUT2D eigenvalue weighted by molar-refractivity contribution is -0.0761. The number of halogens is 1. The molecule has 1 unspecified atom stereocenters. The van der Waals surface area contributed by atoms with Crippen LogP contribution in [0.1, 0.15) is 18.4 Å². The van der Waals surface area contributed by atoms with E-state index in [0.717, 1.165) is 24.2 Å². The minimum atomic E-state index is 0.223. The Kier molecular flexibility index (Phi) is 2.78. The molecular formula is C13H16BrNO. The van der Waals surface area contributed by atoms with Crippen molar-refractivity contribution in [3.63, 3.8) is 0 Å². The van der Waals surface area contributed by atoms with E-state index in [0.29, 0.717) is 6.04 Å². The van der Waals surface area contributed by atoms with E-state index in [-0.39, 0.29) is 5.41 Å². The summed E-state index contributed by atoms with van der Waals surface area (Å²) in [5.74, 6) is 0. The third kappa shape index (κ3) is 1.62. The molecule has 3 rings (SSSR count). The molecular weight excluding hydrogens is 266 g/mol. The predicted molar refractivity (Wildman–Crippen MR) is 67.7 cm³/mol. The third-order valence-electron chi connectivity index (χ3n) is 3.85. The van der Waals surface area contributed by atoms with Crippen molar-refractivity contribution in [1.29, 1.82) is 0 Å². The molecule has 3 heteroatoms. The Hall–Kier alpha value is -0.380. The summed E-state index contributed by atoms with van der Waals surface area (Å²) in [6, 6.07) is 9.26. The van der Waals surface area contributed by atoms with Crippen molar-refractivity contribution < 1.29 is 4.74 Å². The van der Waals surface area contributed by atoms with Crippen LogP contribution in [-0.2, 0) is 10.2 Å². The molecule has 0 bridgehead atoms. The summed E-state index contributed by atoms with van der Waals surface area (Å²) in [5, 5.41) is 3.62. The van der Waals surface area contributed by atoms with Crippen LogP contribution in [-0.4, -0.2) is 25.8 Å². The summed E-state index contributed by atoms with van der Waals surface area (Å²) in [7, 11) is 0. The first-order chi connectivity index (χ1) is 7.81. The molecule has 1 aromatic carbocycles. The Labute approximate surface area is 105 Å². The first-order valence-electron chi connectivity index (χ1n) is 5.88. The van der Waals surface area contributed by atoms with Gasteiger partial charge in [-0.1, -0.05) is 28.1 Å². The topological polar surface area (TPSA) is 21.3 Å². The van der Waals surface area contributed by atoms with Crippen LogP contribution in [0.5, 0.6) is 0 Å². The Morgan fingerprint density at radius 2 is 2.25 bits per heavy atom. The lowest BCUT2D eigenvalue weighted by atomic mass is 9.72. The second kappa shape index (κ2) is 4.13. The van der Waals surface area contributed by atoms with Crippen molar-refractivity contribution in [2.24, 2.45) is 0 Å². The molecule has 0 spiro atoms. The third-order valence-corrected chi connectivity index (χ3v) is 4.34. The highest BCUT2D eigenvalue weighted by Crippen LogP contribution is 2.39. The normalized spacial score (nSPS) is 27.7. The average molecular weight is 282 g/mol. The number of nitrogens with one attached hydrogen (secondary N) is 1. The molecule has 16 heavy (non-hydrogen) atoms. The van der Waals surface area contributed by atoms with Crippen LogP contribution in [0.25, 0.3) is 0 Å². The summed E-state index contributed by atoms with van der Waals surface area (Å²) in [6.07, 6.45) is 2.57. The molecule has 0 radical (unpaired) electrons. The van der Waals surface area contributed by atoms with Crippen LogP contribution < -0.4 is 5.32 Å². The van der Waals surface area contributed by atoms with Crippen LogP contribution >= 0.6 is 15.9 Å². The van der Waals surface area contributed by atoms with Gasteiger partial charge in [-0.25, -0.2) is 0 Å². The second-order valence-electron chi connectivity index (χ2n) is 4.81. The molecule has 1 N–H and O–H groups in total. The van der Waals surface area contributed by atoms with Gasteiger partial charge < -0.3 is 10.1 Å². The maximum atomic E-state index is 5.49. The maximum Gasteiger partial charge on any atom is 0.0600 e. The second-order valence-corrected chi connectivity index (χ2v) is 5.72. The molecule has 86 valence electrons. The van der Waals surface area contributed by atoms with Crippen molar-refractivity contribution >= 4 is 15.9 Å². The molecule has 2 fully saturated rings. The lowest BCUT2D eigenvalue weighted by Crippen LogP contribution is -2.58. The van der Waals surface area contributed by atoms with E-state index < -0.39 is 0 Å². The van der Waals surface area contributed by atoms with Gasteiger partial charge in [0.05, 0.1) is 18.6 Å². The Morgan fingerprint density at radius 1 is 1.38 bits per heavy atom. The summed E-state index contributed by atoms with van der Waals surface area (Å²) < 4.78 is 6.65. The van der Waals surface area contributed by atoms with Gasteiger partial charge in [0.2, 0.25) is 0 Å². The van der Waals surface area contributed by atoms with Gasteiger partial charge in [-0.3, -0.25) is 0 Å². The Morgan fingerprint density at radius 3 is 2.81 bits per heavy atom. The molecule has 0 aromatic heterocycles. The first-order valence-corrected chi connectivity index (χ1v) is 6.68. The monoisotopic (exact) mass is 281 g/mol. The average Bonchev–Trinajstić information content (AvgIpc) is 2.70. The molecule has 1 aromatic rings. The van der Waals surface area contributed by atoms with E-state index in [9.17, 15) is 0 Å². The summed E-state index contributed by atoms with van der Waals surface area (Å²) in [4.78, 5) is 0. The molecule has 2 heterocycles. The van der Waals surface area contributed by atoms with Crippen LogP contribution in [0.15, 0.2) is 28.7 Å². The van der Waals surface area contributed by atoms with Gasteiger partial charge in [0, 0.05) is 10.5 Å². The van der Waals surface area contributed by atoms with Gasteiger partial charge in [-0.2, -0.15) is 0 Å². The zero-order valence-corrected chi connectivity index (χ0v) is 10.8. The first kappa shape index (κ1) is 10.8. The number of benzene rings is 1. The van der Waals surface area contributed by atoms with Crippen molar-refractivity contribution in [2.45, 2.75) is 24.3 Å². The van der Waals surface area contributed by atoms with E-state index in [4.69, 9.17) is 4.74 Å². The molecule has 2 aliphatic rings. The van der Waals surface area contributed by atoms with Crippen LogP contribution in [0, 0.1) is 0 Å². The molecule has 0 saturated carbocycles. The number of ether oxygens (including phenoxy) is 1. The minimum absolute atomic E-state index is 0.223. The Balaban J connectivity index is 1.94. The standard InChI is InChI=1S/C13H16BrNO/c14-11-4-1-3-10(7-11)13(8-16-9-13)12-5-2-6-15-12/h1,3-4,7,12,15H,2,5-6,8-9H2. The number of hydrogen-bond donors (Lipinski definition) is 1. The molecule has 2 aliphatic heterocycles. The van der Waals surface area contributed by atoms with E-state index in [1.54, 1.807) is 0 Å². The zero-order chi connectivity index (χ0) is 11.0. The quantitative estimate of drug-likeness (QED) is 0.899. The lowest BCUT2D eigenvalue weighted by Gasteiger charge is -2.46. The van der Waals surface area contributed by atoms with Crippen molar-refractivity contribution in [1.82, 2.24) is 5.32 Å². The van der Waals surface area contributed by atoms with Crippen molar-refractivity contribution in [2.75, 3.05) is 19.8 Å². The van der Waals surface area contributed by atoms with Crippen molar-refractivity contribution in [3.8, 4) is 0 Å². The van der Waals surface area contributed by atoms with E-state index in [2.05, 4.69) is 45.5 Å². The van der Waals surface area contributed by atoms with E-state index in [1.165, 1.54) is 18.4 Å². The fourth-order valence-electron chi connectivity index (χ4n) is 2.85. The smallest absolute Gasteiger partial charge is 0.0600 e. The van der Waals surface area contributed by atoms with Gasteiger partial charge >= 0.3 is 0 Å². The largest absolute Gasteiger partial charge is 0.379 e. The predicted octanol–water partition coefficient (Wildman–Crippen LogP) is 2.47. The number of hydrogen-bond acceptors (Lipinski definition) is 2. The summed E-state index contributed by atoms with van der Waals surface area (Å²) in [6.45, 7) is 2.88. The zero-order valence-electron chi connectivity index (χ0n) is 9.21. The fourth-order valence-corrected chi connectivity index (χ4v) is 3.24. The van der Waals surface area contributed by atoms with Gasteiger partial charge in [0.25, 0.3) is 0 Å². The minimum Gasteiger partial charge on any atom is -0.379 e. The highest BCUT2D eigenvalue weighted by Gasteiger charge is 2.47. The molecule has 0 aliphatic carbocycles. The van der Waals surface area contributed by atoms with E-state index in [1.807, 2.05) is 0 Å². The highest BCUT2D eigenvalue weighted by molar-refractivity contribution is 9.10. The van der Waals surface area contributed by atoms with Crippen LogP contribution in [0.4, 0.5) is 0 Å². The summed E-state index contributed by atoms with van der Waals surface area (Å²) >= 11 is 3.56. The number of rotatable bonds is 2. The molecule has 1 atom stereocenters. The molecule has 2 saturated heterocycles. The molecule has 0 amide bonds. The summed E-state index contributed by atoms with van der Waals surface area (Å²) in [5.41, 5.74) is 1.63. The SMILES string of the molecule is Brc1cccc(C2(C3CCCN3)COC2)c1. The van der Waals surface area contributed by atoms with Gasteiger partial charge in [-0.15, -0.1) is 0 Å². The van der Waals surface area contributed by atoms with Crippen molar-refractivity contribution in [3.05, 3.63) is 34.3 Å². The van der Waals surface area contributed by atoms with Crippen LogP contribution in [0.3, 0.4) is 0 Å².